The number of nitrogens with one attached hydrogen (secondary N) is 1. The van der Waals surface area contributed by atoms with Gasteiger partial charge in [-0.15, -0.1) is 0 Å². The quantitative estimate of drug-likeness (QED) is 0.886. The molecule has 6 nitrogen and oxygen atoms in total. The van der Waals surface area contributed by atoms with Gasteiger partial charge in [-0.05, 0) is 37.6 Å². The second-order valence-electron chi connectivity index (χ2n) is 5.04. The minimum atomic E-state index is -0.187. The summed E-state index contributed by atoms with van der Waals surface area (Å²) < 4.78 is 21.3. The van der Waals surface area contributed by atoms with Crippen LogP contribution in [0.2, 0.25) is 0 Å². The van der Waals surface area contributed by atoms with Crippen molar-refractivity contribution in [1.82, 2.24) is 5.32 Å². The first-order chi connectivity index (χ1) is 11.0. The summed E-state index contributed by atoms with van der Waals surface area (Å²) in [5.74, 6) is 2.74. The Bertz CT molecular complexity index is 680. The Morgan fingerprint density at radius 1 is 1.04 bits per heavy atom. The van der Waals surface area contributed by atoms with Crippen LogP contribution >= 0.6 is 0 Å². The van der Waals surface area contributed by atoms with E-state index in [-0.39, 0.29) is 5.91 Å². The maximum Gasteiger partial charge on any atom is 0.255 e. The molecule has 0 atom stereocenters. The molecule has 0 radical (unpaired) electrons. The monoisotopic (exact) mass is 319 g/mol. The van der Waals surface area contributed by atoms with Gasteiger partial charge >= 0.3 is 0 Å². The molecule has 0 aliphatic carbocycles. The fourth-order valence-corrected chi connectivity index (χ4v) is 2.37. The Kier molecular flexibility index (Phi) is 5.16. The number of aryl methyl sites for hydroxylation is 2. The first-order valence-corrected chi connectivity index (χ1v) is 7.14. The summed E-state index contributed by atoms with van der Waals surface area (Å²) in [5.41, 5.74) is 1.38. The number of methoxy groups -OCH3 is 3. The lowest BCUT2D eigenvalue weighted by Gasteiger charge is -2.14. The third-order valence-corrected chi connectivity index (χ3v) is 3.46. The molecular weight excluding hydrogens is 298 g/mol. The highest BCUT2D eigenvalue weighted by molar-refractivity contribution is 5.95. The van der Waals surface area contributed by atoms with Crippen LogP contribution in [-0.2, 0) is 6.54 Å². The summed E-state index contributed by atoms with van der Waals surface area (Å²) in [6, 6.07) is 5.32. The van der Waals surface area contributed by atoms with E-state index >= 15 is 0 Å². The first kappa shape index (κ1) is 16.7. The summed E-state index contributed by atoms with van der Waals surface area (Å²) in [5, 5.41) is 2.86. The van der Waals surface area contributed by atoms with Crippen molar-refractivity contribution in [1.29, 1.82) is 0 Å². The largest absolute Gasteiger partial charge is 0.493 e. The molecule has 0 saturated carbocycles. The average Bonchev–Trinajstić information content (AvgIpc) is 2.89. The molecule has 0 unspecified atom stereocenters. The van der Waals surface area contributed by atoms with Crippen LogP contribution in [0.15, 0.2) is 22.6 Å². The molecule has 1 heterocycles. The number of hydrogen-bond acceptors (Lipinski definition) is 5. The van der Waals surface area contributed by atoms with E-state index in [0.717, 1.165) is 5.56 Å². The molecule has 23 heavy (non-hydrogen) atoms. The second kappa shape index (κ2) is 7.09. The Hall–Kier alpha value is -2.63. The van der Waals surface area contributed by atoms with Gasteiger partial charge < -0.3 is 23.9 Å². The van der Waals surface area contributed by atoms with E-state index in [1.807, 2.05) is 6.92 Å². The second-order valence-corrected chi connectivity index (χ2v) is 5.04. The lowest BCUT2D eigenvalue weighted by Crippen LogP contribution is -2.23. The van der Waals surface area contributed by atoms with Crippen LogP contribution in [0.5, 0.6) is 17.2 Å². The Balaban J connectivity index is 2.17. The van der Waals surface area contributed by atoms with Crippen LogP contribution in [-0.4, -0.2) is 27.2 Å². The van der Waals surface area contributed by atoms with Gasteiger partial charge in [0.2, 0.25) is 5.75 Å². The lowest BCUT2D eigenvalue weighted by atomic mass is 10.1. The molecule has 124 valence electrons. The van der Waals surface area contributed by atoms with E-state index in [9.17, 15) is 4.79 Å². The molecule has 6 heteroatoms. The molecule has 2 aromatic rings. The van der Waals surface area contributed by atoms with Gasteiger partial charge in [0.15, 0.2) is 11.5 Å². The molecule has 0 saturated heterocycles. The van der Waals surface area contributed by atoms with Gasteiger partial charge in [-0.3, -0.25) is 4.79 Å². The maximum atomic E-state index is 12.2. The first-order valence-electron chi connectivity index (χ1n) is 7.14. The van der Waals surface area contributed by atoms with Crippen molar-refractivity contribution < 1.29 is 23.4 Å². The van der Waals surface area contributed by atoms with Gasteiger partial charge in [-0.25, -0.2) is 0 Å². The Morgan fingerprint density at radius 2 is 1.65 bits per heavy atom. The smallest absolute Gasteiger partial charge is 0.255 e. The summed E-state index contributed by atoms with van der Waals surface area (Å²) >= 11 is 0. The molecule has 1 N–H and O–H groups in total. The predicted molar refractivity (Wildman–Crippen MR) is 85.5 cm³/mol. The molecule has 0 aliphatic rings. The van der Waals surface area contributed by atoms with E-state index in [1.54, 1.807) is 46.5 Å². The van der Waals surface area contributed by atoms with E-state index < -0.39 is 0 Å². The molecule has 1 aromatic heterocycles. The average molecular weight is 319 g/mol. The number of ether oxygens (including phenoxy) is 3. The lowest BCUT2D eigenvalue weighted by molar-refractivity contribution is 0.0949. The molecular formula is C17H21NO5. The molecule has 1 amide bonds. The van der Waals surface area contributed by atoms with Gasteiger partial charge in [0.1, 0.15) is 11.5 Å². The fraction of sp³-hybridized carbons (Fsp3) is 0.353. The van der Waals surface area contributed by atoms with E-state index in [1.165, 1.54) is 0 Å². The number of carbonyl (C=O) groups is 1. The van der Waals surface area contributed by atoms with Crippen LogP contribution in [0.3, 0.4) is 0 Å². The van der Waals surface area contributed by atoms with Crippen LogP contribution in [0.25, 0.3) is 0 Å². The van der Waals surface area contributed by atoms with Gasteiger partial charge in [0.25, 0.3) is 5.91 Å². The minimum absolute atomic E-state index is 0.187. The topological polar surface area (TPSA) is 69.9 Å². The van der Waals surface area contributed by atoms with Crippen LogP contribution < -0.4 is 19.5 Å². The zero-order valence-electron chi connectivity index (χ0n) is 14.0. The molecule has 0 aliphatic heterocycles. The third-order valence-electron chi connectivity index (χ3n) is 3.46. The standard InChI is InChI=1S/C17H21NO5/c1-10-6-13(11(2)23-10)17(19)18-9-12-7-14(20-3)16(22-5)15(8-12)21-4/h6-8H,9H2,1-5H3,(H,18,19). The number of furan rings is 1. The highest BCUT2D eigenvalue weighted by Crippen LogP contribution is 2.38. The van der Waals surface area contributed by atoms with Crippen molar-refractivity contribution in [2.24, 2.45) is 0 Å². The molecule has 2 rings (SSSR count). The number of amides is 1. The van der Waals surface area contributed by atoms with Crippen molar-refractivity contribution in [3.8, 4) is 17.2 Å². The number of carbonyl (C=O) groups excluding carboxylic acids is 1. The SMILES string of the molecule is COc1cc(CNC(=O)c2cc(C)oc2C)cc(OC)c1OC. The maximum absolute atomic E-state index is 12.2. The highest BCUT2D eigenvalue weighted by atomic mass is 16.5. The van der Waals surface area contributed by atoms with E-state index in [2.05, 4.69) is 5.32 Å². The summed E-state index contributed by atoms with van der Waals surface area (Å²) in [6.07, 6.45) is 0. The van der Waals surface area contributed by atoms with Crippen LogP contribution in [0.1, 0.15) is 27.4 Å². The van der Waals surface area contributed by atoms with Crippen molar-refractivity contribution in [3.63, 3.8) is 0 Å². The minimum Gasteiger partial charge on any atom is -0.493 e. The highest BCUT2D eigenvalue weighted by Gasteiger charge is 2.16. The predicted octanol–water partition coefficient (Wildman–Crippen LogP) is 2.85. The molecule has 1 aromatic carbocycles. The summed E-state index contributed by atoms with van der Waals surface area (Å²) in [6.45, 7) is 3.91. The third kappa shape index (κ3) is 3.59. The zero-order chi connectivity index (χ0) is 17.0. The van der Waals surface area contributed by atoms with Crippen LogP contribution in [0.4, 0.5) is 0 Å². The van der Waals surface area contributed by atoms with Gasteiger partial charge in [-0.2, -0.15) is 0 Å². The zero-order valence-corrected chi connectivity index (χ0v) is 14.0. The van der Waals surface area contributed by atoms with Crippen molar-refractivity contribution in [2.45, 2.75) is 20.4 Å². The number of benzene rings is 1. The summed E-state index contributed by atoms with van der Waals surface area (Å²) in [4.78, 5) is 12.2. The van der Waals surface area contributed by atoms with Crippen molar-refractivity contribution in [2.75, 3.05) is 21.3 Å². The van der Waals surface area contributed by atoms with E-state index in [0.29, 0.717) is 40.9 Å². The van der Waals surface area contributed by atoms with Gasteiger partial charge in [-0.1, -0.05) is 0 Å². The van der Waals surface area contributed by atoms with E-state index in [4.69, 9.17) is 18.6 Å². The normalized spacial score (nSPS) is 10.3. The summed E-state index contributed by atoms with van der Waals surface area (Å²) in [7, 11) is 4.65. The van der Waals surface area contributed by atoms with Crippen molar-refractivity contribution >= 4 is 5.91 Å². The number of hydrogen-bond donors (Lipinski definition) is 1. The van der Waals surface area contributed by atoms with Crippen LogP contribution in [0, 0.1) is 13.8 Å². The fourth-order valence-electron chi connectivity index (χ4n) is 2.37. The molecule has 0 bridgehead atoms. The van der Waals surface area contributed by atoms with Gasteiger partial charge in [0.05, 0.1) is 26.9 Å². The van der Waals surface area contributed by atoms with Crippen molar-refractivity contribution in [3.05, 3.63) is 40.8 Å². The number of rotatable bonds is 6. The Labute approximate surface area is 135 Å². The Morgan fingerprint density at radius 3 is 2.09 bits per heavy atom. The molecule has 0 spiro atoms. The molecule has 0 fully saturated rings. The van der Waals surface area contributed by atoms with Gasteiger partial charge in [0, 0.05) is 6.54 Å².